The van der Waals surface area contributed by atoms with Crippen molar-refractivity contribution in [3.05, 3.63) is 101 Å². The molecule has 0 bridgehead atoms. The molecule has 2 aliphatic rings. The van der Waals surface area contributed by atoms with Crippen molar-refractivity contribution in [3.63, 3.8) is 0 Å². The van der Waals surface area contributed by atoms with E-state index in [0.717, 1.165) is 38.9 Å². The van der Waals surface area contributed by atoms with Gasteiger partial charge in [0.25, 0.3) is 5.91 Å². The van der Waals surface area contributed by atoms with E-state index in [0.29, 0.717) is 12.1 Å². The van der Waals surface area contributed by atoms with Crippen LogP contribution in [-0.2, 0) is 11.2 Å². The van der Waals surface area contributed by atoms with Gasteiger partial charge in [-0.05, 0) is 48.7 Å². The van der Waals surface area contributed by atoms with Crippen LogP contribution in [0, 0.1) is 13.8 Å². The molecule has 1 unspecified atom stereocenters. The Kier molecular flexibility index (Phi) is 4.02. The summed E-state index contributed by atoms with van der Waals surface area (Å²) in [6.07, 6.45) is 0.508. The highest BCUT2D eigenvalue weighted by molar-refractivity contribution is 6.22. The number of benzene rings is 3. The molecule has 3 amide bonds. The molecule has 1 fully saturated rings. The number of nitrogens with zero attached hydrogens (tertiary/aromatic N) is 2. The number of aromatic nitrogens is 1. The van der Waals surface area contributed by atoms with Gasteiger partial charge in [-0.25, -0.2) is 9.69 Å². The molecule has 3 heterocycles. The summed E-state index contributed by atoms with van der Waals surface area (Å²) in [4.78, 5) is 34.1. The van der Waals surface area contributed by atoms with Gasteiger partial charge in [0.1, 0.15) is 12.1 Å². The van der Waals surface area contributed by atoms with E-state index in [9.17, 15) is 9.59 Å². The number of amides is 3. The van der Waals surface area contributed by atoms with Crippen molar-refractivity contribution >= 4 is 28.5 Å². The molecular weight excluding hydrogens is 398 g/mol. The van der Waals surface area contributed by atoms with Gasteiger partial charge in [0.05, 0.1) is 5.69 Å². The maximum atomic E-state index is 13.8. The fourth-order valence-electron chi connectivity index (χ4n) is 5.27. The average Bonchev–Trinajstić information content (AvgIpc) is 3.27. The Morgan fingerprint density at radius 1 is 0.875 bits per heavy atom. The van der Waals surface area contributed by atoms with Crippen LogP contribution in [0.25, 0.3) is 10.9 Å². The Hall–Kier alpha value is -3.86. The predicted molar refractivity (Wildman–Crippen MR) is 125 cm³/mol. The number of hydrogen-bond acceptors (Lipinski definition) is 2. The lowest BCUT2D eigenvalue weighted by Crippen LogP contribution is -2.44. The Morgan fingerprint density at radius 2 is 1.62 bits per heavy atom. The molecule has 2 aliphatic heterocycles. The summed E-state index contributed by atoms with van der Waals surface area (Å²) in [5.74, 6) is -0.158. The van der Waals surface area contributed by atoms with Crippen LogP contribution >= 0.6 is 0 Å². The fourth-order valence-corrected chi connectivity index (χ4v) is 5.27. The van der Waals surface area contributed by atoms with E-state index in [1.54, 1.807) is 4.90 Å². The highest BCUT2D eigenvalue weighted by Gasteiger charge is 2.53. The summed E-state index contributed by atoms with van der Waals surface area (Å²) in [7, 11) is 0. The van der Waals surface area contributed by atoms with Crippen molar-refractivity contribution in [2.45, 2.75) is 32.4 Å². The van der Waals surface area contributed by atoms with Crippen molar-refractivity contribution in [3.8, 4) is 0 Å². The molecule has 1 aromatic heterocycles. The van der Waals surface area contributed by atoms with Crippen LogP contribution in [0.15, 0.2) is 72.8 Å². The monoisotopic (exact) mass is 421 g/mol. The minimum atomic E-state index is -0.528. The van der Waals surface area contributed by atoms with Crippen molar-refractivity contribution in [1.29, 1.82) is 0 Å². The Bertz CT molecular complexity index is 1400. The summed E-state index contributed by atoms with van der Waals surface area (Å²) < 4.78 is 0. The molecule has 6 rings (SSSR count). The second kappa shape index (κ2) is 6.82. The standard InChI is InChI=1S/C27H23N3O2/c1-16-7-5-9-18(13-16)25-24-21(20-11-3-4-12-22(20)28-24)15-23-26(31)29(27(32)30(23)25)19-10-6-8-17(2)14-19/h3-14,23,25,28H,15H2,1-2H3/t23-,25?/m0/s1. The zero-order chi connectivity index (χ0) is 22.0. The average molecular weight is 422 g/mol. The highest BCUT2D eigenvalue weighted by atomic mass is 16.2. The normalized spacial score (nSPS) is 20.1. The number of aryl methyl sites for hydroxylation is 2. The fraction of sp³-hybridized carbons (Fsp3) is 0.185. The topological polar surface area (TPSA) is 56.4 Å². The lowest BCUT2D eigenvalue weighted by atomic mass is 9.88. The molecule has 32 heavy (non-hydrogen) atoms. The summed E-state index contributed by atoms with van der Waals surface area (Å²) in [6.45, 7) is 4.01. The van der Waals surface area contributed by atoms with Crippen LogP contribution in [0.2, 0.25) is 0 Å². The minimum Gasteiger partial charge on any atom is -0.356 e. The molecule has 0 aliphatic carbocycles. The van der Waals surface area contributed by atoms with Gasteiger partial charge < -0.3 is 4.98 Å². The number of carbonyl (C=O) groups excluding carboxylic acids is 2. The SMILES string of the molecule is Cc1cccc(C2c3[nH]c4ccccc4c3C[C@H]3C(=O)N(c4cccc(C)c4)C(=O)N23)c1. The first kappa shape index (κ1) is 18.9. The first-order chi connectivity index (χ1) is 15.5. The second-order valence-corrected chi connectivity index (χ2v) is 8.80. The number of hydrogen-bond donors (Lipinski definition) is 1. The number of rotatable bonds is 2. The number of imide groups is 1. The van der Waals surface area contributed by atoms with Crippen LogP contribution in [0.5, 0.6) is 0 Å². The summed E-state index contributed by atoms with van der Waals surface area (Å²) in [5, 5.41) is 1.12. The molecule has 0 spiro atoms. The number of aromatic amines is 1. The molecule has 0 saturated carbocycles. The van der Waals surface area contributed by atoms with Gasteiger partial charge in [-0.2, -0.15) is 0 Å². The molecule has 158 valence electrons. The van der Waals surface area contributed by atoms with Crippen molar-refractivity contribution < 1.29 is 9.59 Å². The van der Waals surface area contributed by atoms with Crippen LogP contribution in [0.3, 0.4) is 0 Å². The van der Waals surface area contributed by atoms with Gasteiger partial charge in [0.2, 0.25) is 0 Å². The van der Waals surface area contributed by atoms with E-state index in [1.807, 2.05) is 68.4 Å². The van der Waals surface area contributed by atoms with Crippen molar-refractivity contribution in [2.75, 3.05) is 4.90 Å². The summed E-state index contributed by atoms with van der Waals surface area (Å²) >= 11 is 0. The number of anilines is 1. The van der Waals surface area contributed by atoms with E-state index >= 15 is 0 Å². The van der Waals surface area contributed by atoms with Crippen molar-refractivity contribution in [1.82, 2.24) is 9.88 Å². The van der Waals surface area contributed by atoms with Gasteiger partial charge in [-0.1, -0.05) is 60.2 Å². The summed E-state index contributed by atoms with van der Waals surface area (Å²) in [5.41, 5.74) is 6.93. The third-order valence-electron chi connectivity index (χ3n) is 6.67. The zero-order valence-electron chi connectivity index (χ0n) is 18.0. The molecule has 5 nitrogen and oxygen atoms in total. The van der Waals surface area contributed by atoms with E-state index in [2.05, 4.69) is 23.2 Å². The maximum Gasteiger partial charge on any atom is 0.332 e. The molecule has 2 atom stereocenters. The molecule has 0 radical (unpaired) electrons. The van der Waals surface area contributed by atoms with E-state index in [4.69, 9.17) is 0 Å². The van der Waals surface area contributed by atoms with Gasteiger partial charge >= 0.3 is 6.03 Å². The number of nitrogens with one attached hydrogen (secondary N) is 1. The van der Waals surface area contributed by atoms with Crippen LogP contribution in [0.4, 0.5) is 10.5 Å². The smallest absolute Gasteiger partial charge is 0.332 e. The Morgan fingerprint density at radius 3 is 2.41 bits per heavy atom. The van der Waals surface area contributed by atoms with E-state index < -0.39 is 6.04 Å². The first-order valence-electron chi connectivity index (χ1n) is 10.9. The molecule has 1 N–H and O–H groups in total. The van der Waals surface area contributed by atoms with Crippen molar-refractivity contribution in [2.24, 2.45) is 0 Å². The van der Waals surface area contributed by atoms with Gasteiger partial charge in [0, 0.05) is 23.0 Å². The summed E-state index contributed by atoms with van der Waals surface area (Å²) in [6, 6.07) is 22.8. The first-order valence-corrected chi connectivity index (χ1v) is 10.9. The Balaban J connectivity index is 1.56. The van der Waals surface area contributed by atoms with E-state index in [-0.39, 0.29) is 18.0 Å². The largest absolute Gasteiger partial charge is 0.356 e. The van der Waals surface area contributed by atoms with Gasteiger partial charge in [-0.3, -0.25) is 9.69 Å². The quantitative estimate of drug-likeness (QED) is 0.449. The lowest BCUT2D eigenvalue weighted by molar-refractivity contribution is -0.120. The van der Waals surface area contributed by atoms with Gasteiger partial charge in [0.15, 0.2) is 0 Å². The number of fused-ring (bicyclic) bond motifs is 4. The minimum absolute atomic E-state index is 0.158. The number of H-pyrrole nitrogens is 1. The number of carbonyl (C=O) groups is 2. The van der Waals surface area contributed by atoms with Crippen LogP contribution in [-0.4, -0.2) is 27.9 Å². The molecule has 3 aromatic carbocycles. The molecule has 5 heteroatoms. The van der Waals surface area contributed by atoms with Crippen LogP contribution in [0.1, 0.15) is 34.0 Å². The Labute approximate surface area is 186 Å². The zero-order valence-corrected chi connectivity index (χ0v) is 18.0. The molecular formula is C27H23N3O2. The second-order valence-electron chi connectivity index (χ2n) is 8.80. The highest BCUT2D eigenvalue weighted by Crippen LogP contribution is 2.44. The number of urea groups is 1. The van der Waals surface area contributed by atoms with Gasteiger partial charge in [-0.15, -0.1) is 0 Å². The lowest BCUT2D eigenvalue weighted by Gasteiger charge is -2.36. The number of para-hydroxylation sites is 1. The third-order valence-corrected chi connectivity index (χ3v) is 6.67. The maximum absolute atomic E-state index is 13.8. The third kappa shape index (κ3) is 2.64. The molecule has 4 aromatic rings. The van der Waals surface area contributed by atoms with E-state index in [1.165, 1.54) is 4.90 Å². The molecule has 1 saturated heterocycles. The predicted octanol–water partition coefficient (Wildman–Crippen LogP) is 5.27. The van der Waals surface area contributed by atoms with Crippen LogP contribution < -0.4 is 4.90 Å².